The fourth-order valence-corrected chi connectivity index (χ4v) is 4.71. The second-order valence-electron chi connectivity index (χ2n) is 9.78. The summed E-state index contributed by atoms with van der Waals surface area (Å²) in [6.45, 7) is 2.79. The summed E-state index contributed by atoms with van der Waals surface area (Å²) in [5.74, 6) is 0.575. The molecular weight excluding hydrogens is 523 g/mol. The summed E-state index contributed by atoms with van der Waals surface area (Å²) in [4.78, 5) is 30.2. The topological polar surface area (TPSA) is 85.9 Å². The van der Waals surface area contributed by atoms with Crippen LogP contribution in [0.1, 0.15) is 28.8 Å². The fraction of sp³-hybridized carbons (Fsp3) is 0.310. The number of piperazine rings is 1. The molecule has 0 spiro atoms. The van der Waals surface area contributed by atoms with Gasteiger partial charge in [-0.3, -0.25) is 4.79 Å². The van der Waals surface area contributed by atoms with Gasteiger partial charge >= 0.3 is 12.2 Å². The lowest BCUT2D eigenvalue weighted by atomic mass is 10.1. The van der Waals surface area contributed by atoms with Crippen molar-refractivity contribution in [3.63, 3.8) is 0 Å². The molecule has 3 aromatic rings. The number of amides is 3. The van der Waals surface area contributed by atoms with Gasteiger partial charge in [0.05, 0.1) is 23.9 Å². The lowest BCUT2D eigenvalue weighted by Crippen LogP contribution is -2.47. The van der Waals surface area contributed by atoms with E-state index in [4.69, 9.17) is 4.74 Å². The zero-order valence-electron chi connectivity index (χ0n) is 21.9. The lowest BCUT2D eigenvalue weighted by Gasteiger charge is -2.38. The highest BCUT2D eigenvalue weighted by Gasteiger charge is 2.31. The SMILES string of the molecule is COc1ccccc1N1CCN(c2ccc(NC(=O)Nc3cccc(C(F)(F)F)c3)cc2C(=O)NC2CC2)CC1. The molecule has 1 saturated heterocycles. The van der Waals surface area contributed by atoms with E-state index < -0.39 is 17.8 Å². The Morgan fingerprint density at radius 2 is 1.48 bits per heavy atom. The van der Waals surface area contributed by atoms with Gasteiger partial charge in [-0.15, -0.1) is 0 Å². The molecule has 8 nitrogen and oxygen atoms in total. The molecule has 3 aromatic carbocycles. The van der Waals surface area contributed by atoms with Crippen LogP contribution in [0.4, 0.5) is 40.7 Å². The number of para-hydroxylation sites is 2. The molecule has 210 valence electrons. The van der Waals surface area contributed by atoms with E-state index in [9.17, 15) is 22.8 Å². The number of ether oxygens (including phenoxy) is 1. The number of anilines is 4. The van der Waals surface area contributed by atoms with E-state index in [2.05, 4.69) is 25.8 Å². The molecule has 0 aromatic heterocycles. The number of carbonyl (C=O) groups excluding carboxylic acids is 2. The lowest BCUT2D eigenvalue weighted by molar-refractivity contribution is -0.137. The van der Waals surface area contributed by atoms with Gasteiger partial charge in [-0.2, -0.15) is 13.2 Å². The van der Waals surface area contributed by atoms with Gasteiger partial charge < -0.3 is 30.5 Å². The smallest absolute Gasteiger partial charge is 0.416 e. The summed E-state index contributed by atoms with van der Waals surface area (Å²) in [6.07, 6.45) is -2.67. The maximum absolute atomic E-state index is 13.2. The Labute approximate surface area is 230 Å². The van der Waals surface area contributed by atoms with Crippen molar-refractivity contribution in [1.82, 2.24) is 5.32 Å². The third-order valence-corrected chi connectivity index (χ3v) is 6.91. The molecule has 0 radical (unpaired) electrons. The number of rotatable bonds is 7. The van der Waals surface area contributed by atoms with Crippen molar-refractivity contribution >= 4 is 34.7 Å². The van der Waals surface area contributed by atoms with Crippen LogP contribution in [-0.4, -0.2) is 51.3 Å². The van der Waals surface area contributed by atoms with E-state index in [1.54, 1.807) is 25.3 Å². The van der Waals surface area contributed by atoms with E-state index in [0.717, 1.165) is 55.2 Å². The predicted molar refractivity (Wildman–Crippen MR) is 148 cm³/mol. The maximum Gasteiger partial charge on any atom is 0.416 e. The highest BCUT2D eigenvalue weighted by Crippen LogP contribution is 2.32. The monoisotopic (exact) mass is 553 g/mol. The molecule has 2 aliphatic rings. The van der Waals surface area contributed by atoms with E-state index in [0.29, 0.717) is 24.3 Å². The third-order valence-electron chi connectivity index (χ3n) is 6.91. The standard InChI is InChI=1S/C29H30F3N5O3/c1-40-26-8-3-2-7-25(26)37-15-13-36(14-16-37)24-12-11-22(18-23(24)27(38)33-20-9-10-20)35-28(39)34-21-6-4-5-19(17-21)29(30,31)32/h2-8,11-12,17-18,20H,9-10,13-16H2,1H3,(H,33,38)(H2,34,35,39). The van der Waals surface area contributed by atoms with Crippen molar-refractivity contribution in [3.8, 4) is 5.75 Å². The largest absolute Gasteiger partial charge is 0.495 e. The van der Waals surface area contributed by atoms with Gasteiger partial charge in [0, 0.05) is 49.3 Å². The molecule has 40 heavy (non-hydrogen) atoms. The van der Waals surface area contributed by atoms with Crippen molar-refractivity contribution in [1.29, 1.82) is 0 Å². The quantitative estimate of drug-likeness (QED) is 0.356. The summed E-state index contributed by atoms with van der Waals surface area (Å²) in [5.41, 5.74) is 1.68. The van der Waals surface area contributed by atoms with E-state index in [-0.39, 0.29) is 17.6 Å². The number of nitrogens with one attached hydrogen (secondary N) is 3. The number of halogens is 3. The Morgan fingerprint density at radius 1 is 0.825 bits per heavy atom. The number of methoxy groups -OCH3 is 1. The van der Waals surface area contributed by atoms with Crippen LogP contribution >= 0.6 is 0 Å². The van der Waals surface area contributed by atoms with Crippen molar-refractivity contribution < 1.29 is 27.5 Å². The zero-order valence-corrected chi connectivity index (χ0v) is 21.9. The highest BCUT2D eigenvalue weighted by molar-refractivity contribution is 6.04. The predicted octanol–water partition coefficient (Wildman–Crippen LogP) is 5.58. The fourth-order valence-electron chi connectivity index (χ4n) is 4.71. The number of urea groups is 1. The van der Waals surface area contributed by atoms with Gasteiger partial charge in [-0.1, -0.05) is 18.2 Å². The summed E-state index contributed by atoms with van der Waals surface area (Å²) in [5, 5.41) is 8.07. The van der Waals surface area contributed by atoms with Crippen LogP contribution < -0.4 is 30.5 Å². The van der Waals surface area contributed by atoms with Gasteiger partial charge in [0.15, 0.2) is 0 Å². The minimum atomic E-state index is -4.52. The molecule has 0 atom stereocenters. The summed E-state index contributed by atoms with van der Waals surface area (Å²) in [6, 6.07) is 16.7. The van der Waals surface area contributed by atoms with Gasteiger partial charge in [0.1, 0.15) is 5.75 Å². The summed E-state index contributed by atoms with van der Waals surface area (Å²) < 4.78 is 44.6. The average Bonchev–Trinajstić information content (AvgIpc) is 3.77. The summed E-state index contributed by atoms with van der Waals surface area (Å²) in [7, 11) is 1.65. The average molecular weight is 554 g/mol. The Kier molecular flexibility index (Phi) is 7.72. The minimum Gasteiger partial charge on any atom is -0.495 e. The first kappa shape index (κ1) is 27.2. The van der Waals surface area contributed by atoms with Gasteiger partial charge in [-0.25, -0.2) is 4.79 Å². The van der Waals surface area contributed by atoms with Crippen LogP contribution in [0.3, 0.4) is 0 Å². The van der Waals surface area contributed by atoms with Crippen LogP contribution in [0.25, 0.3) is 0 Å². The first-order valence-electron chi connectivity index (χ1n) is 13.0. The van der Waals surface area contributed by atoms with Crippen molar-refractivity contribution in [3.05, 3.63) is 77.9 Å². The molecule has 3 N–H and O–H groups in total. The molecule has 2 fully saturated rings. The molecule has 0 unspecified atom stereocenters. The second kappa shape index (κ2) is 11.4. The Bertz CT molecular complexity index is 1390. The van der Waals surface area contributed by atoms with Crippen LogP contribution in [0, 0.1) is 0 Å². The zero-order chi connectivity index (χ0) is 28.3. The minimum absolute atomic E-state index is 0.00330. The number of alkyl halides is 3. The molecule has 3 amide bonds. The van der Waals surface area contributed by atoms with E-state index >= 15 is 0 Å². The van der Waals surface area contributed by atoms with E-state index in [1.807, 2.05) is 24.3 Å². The normalized spacial score (nSPS) is 15.4. The maximum atomic E-state index is 13.2. The number of hydrogen-bond acceptors (Lipinski definition) is 5. The number of carbonyl (C=O) groups is 2. The molecule has 1 aliphatic heterocycles. The van der Waals surface area contributed by atoms with E-state index in [1.165, 1.54) is 12.1 Å². The molecule has 11 heteroatoms. The second-order valence-corrected chi connectivity index (χ2v) is 9.78. The first-order chi connectivity index (χ1) is 19.2. The van der Waals surface area contributed by atoms with Gasteiger partial charge in [0.25, 0.3) is 5.91 Å². The highest BCUT2D eigenvalue weighted by atomic mass is 19.4. The Balaban J connectivity index is 1.30. The van der Waals surface area contributed by atoms with Crippen molar-refractivity contribution in [2.24, 2.45) is 0 Å². The van der Waals surface area contributed by atoms with Crippen molar-refractivity contribution in [2.45, 2.75) is 25.1 Å². The third kappa shape index (κ3) is 6.41. The summed E-state index contributed by atoms with van der Waals surface area (Å²) >= 11 is 0. The van der Waals surface area contributed by atoms with Crippen LogP contribution in [0.5, 0.6) is 5.75 Å². The molecular formula is C29H30F3N5O3. The first-order valence-corrected chi connectivity index (χ1v) is 13.0. The van der Waals surface area contributed by atoms with Crippen LogP contribution in [0.2, 0.25) is 0 Å². The van der Waals surface area contributed by atoms with Crippen LogP contribution in [-0.2, 0) is 6.18 Å². The molecule has 1 saturated carbocycles. The Hall–Kier alpha value is -4.41. The molecule has 5 rings (SSSR count). The van der Waals surface area contributed by atoms with Gasteiger partial charge in [-0.05, 0) is 61.4 Å². The Morgan fingerprint density at radius 3 is 2.12 bits per heavy atom. The number of hydrogen-bond donors (Lipinski definition) is 3. The number of nitrogens with zero attached hydrogens (tertiary/aromatic N) is 2. The molecule has 1 aliphatic carbocycles. The molecule has 0 bridgehead atoms. The van der Waals surface area contributed by atoms with Gasteiger partial charge in [0.2, 0.25) is 0 Å². The van der Waals surface area contributed by atoms with Crippen LogP contribution in [0.15, 0.2) is 66.7 Å². The molecule has 1 heterocycles. The number of benzene rings is 3. The van der Waals surface area contributed by atoms with Crippen molar-refractivity contribution in [2.75, 3.05) is 53.7 Å².